The van der Waals surface area contributed by atoms with Crippen molar-refractivity contribution >= 4 is 23.5 Å². The topological polar surface area (TPSA) is 87.7 Å². The number of rotatable bonds is 7. The predicted molar refractivity (Wildman–Crippen MR) is 105 cm³/mol. The van der Waals surface area contributed by atoms with E-state index in [1.165, 1.54) is 0 Å². The lowest BCUT2D eigenvalue weighted by atomic mass is 10.1. The number of ether oxygens (including phenoxy) is 1. The van der Waals surface area contributed by atoms with Gasteiger partial charge in [-0.25, -0.2) is 4.79 Å². The molecular formula is C21H23N3O4. The van der Waals surface area contributed by atoms with Crippen molar-refractivity contribution in [3.05, 3.63) is 60.2 Å². The molecule has 146 valence electrons. The number of carbonyl (C=O) groups excluding carboxylic acids is 3. The first-order valence-corrected chi connectivity index (χ1v) is 9.12. The van der Waals surface area contributed by atoms with Gasteiger partial charge < -0.3 is 15.4 Å². The molecule has 1 aliphatic rings. The Bertz CT molecular complexity index is 850. The summed E-state index contributed by atoms with van der Waals surface area (Å²) in [5.41, 5.74) is 1.62. The molecule has 1 fully saturated rings. The number of benzene rings is 2. The van der Waals surface area contributed by atoms with Crippen LogP contribution in [0.1, 0.15) is 19.4 Å². The lowest BCUT2D eigenvalue weighted by molar-refractivity contribution is -0.131. The molecule has 2 N–H and O–H groups in total. The minimum absolute atomic E-state index is 0.0343. The zero-order valence-electron chi connectivity index (χ0n) is 15.8. The summed E-state index contributed by atoms with van der Waals surface area (Å²) in [6, 6.07) is 15.6. The van der Waals surface area contributed by atoms with Crippen LogP contribution in [0, 0.1) is 5.92 Å². The largest absolute Gasteiger partial charge is 0.489 e. The van der Waals surface area contributed by atoms with Gasteiger partial charge in [-0.3, -0.25) is 14.5 Å². The highest BCUT2D eigenvalue weighted by molar-refractivity contribution is 6.08. The number of urea groups is 1. The zero-order chi connectivity index (χ0) is 20.1. The number of nitrogens with zero attached hydrogens (tertiary/aromatic N) is 1. The molecule has 1 unspecified atom stereocenters. The van der Waals surface area contributed by atoms with E-state index in [0.717, 1.165) is 10.5 Å². The summed E-state index contributed by atoms with van der Waals surface area (Å²) in [4.78, 5) is 37.3. The van der Waals surface area contributed by atoms with Crippen molar-refractivity contribution in [2.24, 2.45) is 5.92 Å². The van der Waals surface area contributed by atoms with Crippen LogP contribution in [0.25, 0.3) is 0 Å². The fraction of sp³-hybridized carbons (Fsp3) is 0.286. The number of hydrogen-bond donors (Lipinski definition) is 2. The molecule has 0 aromatic heterocycles. The highest BCUT2D eigenvalue weighted by atomic mass is 16.5. The highest BCUT2D eigenvalue weighted by Gasteiger charge is 2.40. The number of nitrogens with one attached hydrogen (secondary N) is 2. The molecule has 28 heavy (non-hydrogen) atoms. The van der Waals surface area contributed by atoms with Gasteiger partial charge in [0.2, 0.25) is 5.91 Å². The molecule has 4 amide bonds. The van der Waals surface area contributed by atoms with Crippen LogP contribution in [0.15, 0.2) is 54.6 Å². The third kappa shape index (κ3) is 4.68. The summed E-state index contributed by atoms with van der Waals surface area (Å²) in [6.07, 6.45) is 0. The van der Waals surface area contributed by atoms with E-state index in [1.54, 1.807) is 24.3 Å². The zero-order valence-corrected chi connectivity index (χ0v) is 15.8. The van der Waals surface area contributed by atoms with E-state index in [0.29, 0.717) is 18.0 Å². The fourth-order valence-electron chi connectivity index (χ4n) is 2.86. The molecule has 1 atom stereocenters. The van der Waals surface area contributed by atoms with Crippen LogP contribution in [-0.4, -0.2) is 35.3 Å². The Morgan fingerprint density at radius 1 is 1.11 bits per heavy atom. The lowest BCUT2D eigenvalue weighted by Gasteiger charge is -2.14. The van der Waals surface area contributed by atoms with E-state index < -0.39 is 18.0 Å². The average molecular weight is 381 g/mol. The quantitative estimate of drug-likeness (QED) is 0.722. The first-order chi connectivity index (χ1) is 13.4. The van der Waals surface area contributed by atoms with Crippen LogP contribution in [-0.2, 0) is 16.2 Å². The Morgan fingerprint density at radius 2 is 1.79 bits per heavy atom. The molecule has 3 rings (SSSR count). The van der Waals surface area contributed by atoms with Crippen LogP contribution in [0.2, 0.25) is 0 Å². The normalized spacial score (nSPS) is 16.2. The summed E-state index contributed by atoms with van der Waals surface area (Å²) in [7, 11) is 0. The smallest absolute Gasteiger partial charge is 0.325 e. The van der Waals surface area contributed by atoms with Crippen molar-refractivity contribution in [1.29, 1.82) is 0 Å². The Labute approximate surface area is 163 Å². The molecule has 0 bridgehead atoms. The fourth-order valence-corrected chi connectivity index (χ4v) is 2.86. The summed E-state index contributed by atoms with van der Waals surface area (Å²) in [6.45, 7) is 3.82. The molecular weight excluding hydrogens is 358 g/mol. The van der Waals surface area contributed by atoms with Crippen LogP contribution in [0.4, 0.5) is 10.5 Å². The second kappa shape index (κ2) is 8.56. The van der Waals surface area contributed by atoms with Gasteiger partial charge in [-0.05, 0) is 35.7 Å². The predicted octanol–water partition coefficient (Wildman–Crippen LogP) is 2.78. The minimum Gasteiger partial charge on any atom is -0.489 e. The van der Waals surface area contributed by atoms with E-state index in [2.05, 4.69) is 10.6 Å². The summed E-state index contributed by atoms with van der Waals surface area (Å²) in [5, 5.41) is 5.28. The molecule has 0 radical (unpaired) electrons. The molecule has 7 nitrogen and oxygen atoms in total. The standard InChI is InChI=1S/C21H23N3O4/c1-14(2)19-20(26)24(21(27)23-19)12-18(25)22-16-8-10-17(11-9-16)28-13-15-6-4-3-5-7-15/h3-11,14,19H,12-13H2,1-2H3,(H,22,25)(H,23,27). The third-order valence-corrected chi connectivity index (χ3v) is 4.41. The molecule has 0 aliphatic carbocycles. The van der Waals surface area contributed by atoms with Gasteiger partial charge in [-0.2, -0.15) is 0 Å². The Morgan fingerprint density at radius 3 is 2.39 bits per heavy atom. The van der Waals surface area contributed by atoms with E-state index in [9.17, 15) is 14.4 Å². The Balaban J connectivity index is 1.52. The van der Waals surface area contributed by atoms with Gasteiger partial charge in [0, 0.05) is 5.69 Å². The van der Waals surface area contributed by atoms with E-state index >= 15 is 0 Å². The number of imide groups is 1. The van der Waals surface area contributed by atoms with Crippen molar-refractivity contribution in [2.45, 2.75) is 26.5 Å². The minimum atomic E-state index is -0.582. The van der Waals surface area contributed by atoms with Gasteiger partial charge in [-0.15, -0.1) is 0 Å². The summed E-state index contributed by atoms with van der Waals surface area (Å²) >= 11 is 0. The second-order valence-electron chi connectivity index (χ2n) is 6.94. The van der Waals surface area contributed by atoms with E-state index in [1.807, 2.05) is 44.2 Å². The Kier molecular flexibility index (Phi) is 5.93. The molecule has 2 aromatic rings. The third-order valence-electron chi connectivity index (χ3n) is 4.41. The summed E-state index contributed by atoms with van der Waals surface area (Å²) in [5.74, 6) is -0.172. The SMILES string of the molecule is CC(C)C1NC(=O)N(CC(=O)Nc2ccc(OCc3ccccc3)cc2)C1=O. The molecule has 1 aliphatic heterocycles. The van der Waals surface area contributed by atoms with Crippen LogP contribution < -0.4 is 15.4 Å². The number of hydrogen-bond acceptors (Lipinski definition) is 4. The van der Waals surface area contributed by atoms with Gasteiger partial charge >= 0.3 is 6.03 Å². The van der Waals surface area contributed by atoms with Gasteiger partial charge in [0.1, 0.15) is 24.9 Å². The van der Waals surface area contributed by atoms with Crippen molar-refractivity contribution in [3.8, 4) is 5.75 Å². The highest BCUT2D eigenvalue weighted by Crippen LogP contribution is 2.18. The molecule has 1 saturated heterocycles. The van der Waals surface area contributed by atoms with E-state index in [-0.39, 0.29) is 18.4 Å². The Hall–Kier alpha value is -3.35. The first-order valence-electron chi connectivity index (χ1n) is 9.12. The monoisotopic (exact) mass is 381 g/mol. The molecule has 0 spiro atoms. The van der Waals surface area contributed by atoms with Gasteiger partial charge in [0.25, 0.3) is 5.91 Å². The van der Waals surface area contributed by atoms with Crippen molar-refractivity contribution in [2.75, 3.05) is 11.9 Å². The van der Waals surface area contributed by atoms with Crippen molar-refractivity contribution < 1.29 is 19.1 Å². The van der Waals surface area contributed by atoms with E-state index in [4.69, 9.17) is 4.74 Å². The number of anilines is 1. The van der Waals surface area contributed by atoms with Gasteiger partial charge in [0.15, 0.2) is 0 Å². The molecule has 0 saturated carbocycles. The number of carbonyl (C=O) groups is 3. The average Bonchev–Trinajstić information content (AvgIpc) is 2.97. The van der Waals surface area contributed by atoms with Crippen LogP contribution >= 0.6 is 0 Å². The second-order valence-corrected chi connectivity index (χ2v) is 6.94. The lowest BCUT2D eigenvalue weighted by Crippen LogP contribution is -2.39. The van der Waals surface area contributed by atoms with Crippen LogP contribution in [0.3, 0.4) is 0 Å². The number of amides is 4. The maximum absolute atomic E-state index is 12.2. The van der Waals surface area contributed by atoms with Gasteiger partial charge in [-0.1, -0.05) is 44.2 Å². The maximum atomic E-state index is 12.2. The van der Waals surface area contributed by atoms with Crippen molar-refractivity contribution in [3.63, 3.8) is 0 Å². The molecule has 2 aromatic carbocycles. The van der Waals surface area contributed by atoms with Gasteiger partial charge in [0.05, 0.1) is 0 Å². The summed E-state index contributed by atoms with van der Waals surface area (Å²) < 4.78 is 5.70. The molecule has 1 heterocycles. The maximum Gasteiger partial charge on any atom is 0.325 e. The molecule has 7 heteroatoms. The van der Waals surface area contributed by atoms with Crippen LogP contribution in [0.5, 0.6) is 5.75 Å². The van der Waals surface area contributed by atoms with Crippen molar-refractivity contribution in [1.82, 2.24) is 10.2 Å². The first kappa shape index (κ1) is 19.4.